The molecule has 0 aromatic heterocycles. The topological polar surface area (TPSA) is 236 Å². The van der Waals surface area contributed by atoms with Gasteiger partial charge in [-0.2, -0.15) is 0 Å². The number of aliphatic hydroxyl groups excluding tert-OH is 7. The fourth-order valence-corrected chi connectivity index (χ4v) is 13.1. The first-order valence-corrected chi connectivity index (χ1v) is 22.3. The maximum atomic E-state index is 11.3. The predicted molar refractivity (Wildman–Crippen MR) is 204 cm³/mol. The largest absolute Gasteiger partial charge is 0.393 e. The molecule has 8 N–H and O–H groups in total. The lowest BCUT2D eigenvalue weighted by Crippen LogP contribution is -2.64. The summed E-state index contributed by atoms with van der Waals surface area (Å²) in [4.78, 5) is 0. The van der Waals surface area contributed by atoms with Crippen LogP contribution in [0.1, 0.15) is 91.9 Å². The normalized spacial score (nSPS) is 57.2. The molecule has 59 heavy (non-hydrogen) atoms. The van der Waals surface area contributed by atoms with Gasteiger partial charge < -0.3 is 78.7 Å². The van der Waals surface area contributed by atoms with E-state index in [1.165, 1.54) is 24.8 Å². The molecule has 5 saturated heterocycles. The number of fused-ring (bicyclic) bond motifs is 7. The number of allylic oxidation sites excluding steroid dienone is 1. The summed E-state index contributed by atoms with van der Waals surface area (Å²) in [5, 5.41) is 84.6. The molecule has 5 heterocycles. The molecule has 0 aromatic rings. The Bertz CT molecular complexity index is 1540. The van der Waals surface area contributed by atoms with Gasteiger partial charge in [0.2, 0.25) is 0 Å². The standard InChI is InChI=1S/C43H68O16/c1-20-7-12-43(54-16-20)15-27-28(59-43)14-26-24-6-5-22-13-23(8-10-40(22,3)25(24)9-11-41(26,27)4)56-37-34(49)32(47)35(21(2)55-37)58-38-33(48)31(46)30(45)29(57-38)17-52-39-36(50)42(51,18-44)19-53-39/h5,20-21,23-39,44-51H,6-19H2,1-4H3/t20-,21+,23+,24?,25?,26?,27?,28?,29-,30-,31+,32+,33-,34-,35+,36+,37+,38+,39-,40+,41+,42?,43?/m1/s1. The summed E-state index contributed by atoms with van der Waals surface area (Å²) >= 11 is 0. The second-order valence-electron chi connectivity index (χ2n) is 20.4. The molecule has 336 valence electrons. The highest BCUT2D eigenvalue weighted by atomic mass is 16.8. The van der Waals surface area contributed by atoms with E-state index in [1.807, 2.05) is 0 Å². The number of aliphatic hydroxyl groups is 8. The molecule has 9 aliphatic rings. The minimum Gasteiger partial charge on any atom is -0.393 e. The molecule has 16 heteroatoms. The summed E-state index contributed by atoms with van der Waals surface area (Å²) in [6.45, 7) is 8.07. The Morgan fingerprint density at radius 2 is 1.58 bits per heavy atom. The second kappa shape index (κ2) is 16.0. The third kappa shape index (κ3) is 7.30. The molecule has 5 aliphatic heterocycles. The van der Waals surface area contributed by atoms with Crippen molar-refractivity contribution in [3.05, 3.63) is 11.6 Å². The summed E-state index contributed by atoms with van der Waals surface area (Å²) in [5.41, 5.74) is -0.183. The van der Waals surface area contributed by atoms with Crippen molar-refractivity contribution < 1.29 is 78.7 Å². The van der Waals surface area contributed by atoms with Gasteiger partial charge in [0.15, 0.2) is 24.7 Å². The zero-order chi connectivity index (χ0) is 41.8. The monoisotopic (exact) mass is 840 g/mol. The average Bonchev–Trinajstić information content (AvgIpc) is 3.82. The number of rotatable bonds is 8. The van der Waals surface area contributed by atoms with E-state index in [-0.39, 0.29) is 28.8 Å². The first-order valence-electron chi connectivity index (χ1n) is 22.3. The highest BCUT2D eigenvalue weighted by Gasteiger charge is 2.66. The van der Waals surface area contributed by atoms with Crippen LogP contribution in [0, 0.1) is 40.4 Å². The molecule has 0 amide bonds. The van der Waals surface area contributed by atoms with Crippen LogP contribution in [-0.4, -0.2) is 165 Å². The zero-order valence-electron chi connectivity index (χ0n) is 34.8. The molecule has 3 saturated carbocycles. The van der Waals surface area contributed by atoms with Crippen LogP contribution < -0.4 is 0 Å². The molecule has 23 atom stereocenters. The molecule has 1 spiro atoms. The minimum absolute atomic E-state index is 0.0684. The summed E-state index contributed by atoms with van der Waals surface area (Å²) in [7, 11) is 0. The van der Waals surface area contributed by atoms with Crippen molar-refractivity contribution >= 4 is 0 Å². The Morgan fingerprint density at radius 1 is 0.814 bits per heavy atom. The number of hydrogen-bond donors (Lipinski definition) is 8. The first kappa shape index (κ1) is 43.4. The molecule has 0 aromatic carbocycles. The van der Waals surface area contributed by atoms with Crippen LogP contribution in [-0.2, 0) is 37.9 Å². The van der Waals surface area contributed by atoms with E-state index >= 15 is 0 Å². The van der Waals surface area contributed by atoms with Gasteiger partial charge in [0.25, 0.3) is 0 Å². The van der Waals surface area contributed by atoms with E-state index in [2.05, 4.69) is 26.8 Å². The molecule has 0 radical (unpaired) electrons. The van der Waals surface area contributed by atoms with E-state index in [1.54, 1.807) is 6.92 Å². The van der Waals surface area contributed by atoms with Gasteiger partial charge in [0, 0.05) is 12.8 Å². The van der Waals surface area contributed by atoms with Crippen molar-refractivity contribution in [1.29, 1.82) is 0 Å². The van der Waals surface area contributed by atoms with Gasteiger partial charge in [-0.3, -0.25) is 0 Å². The second-order valence-corrected chi connectivity index (χ2v) is 20.4. The first-order chi connectivity index (χ1) is 28.0. The van der Waals surface area contributed by atoms with Crippen LogP contribution in [0.25, 0.3) is 0 Å². The molecular formula is C43H68O16. The third-order valence-electron chi connectivity index (χ3n) is 16.9. The van der Waals surface area contributed by atoms with Gasteiger partial charge in [-0.15, -0.1) is 0 Å². The van der Waals surface area contributed by atoms with Gasteiger partial charge in [-0.25, -0.2) is 0 Å². The van der Waals surface area contributed by atoms with Crippen LogP contribution in [0.5, 0.6) is 0 Å². The van der Waals surface area contributed by atoms with Crippen LogP contribution in [0.4, 0.5) is 0 Å². The summed E-state index contributed by atoms with van der Waals surface area (Å²) in [6.07, 6.45) is -4.38. The Balaban J connectivity index is 0.795. The zero-order valence-corrected chi connectivity index (χ0v) is 34.8. The van der Waals surface area contributed by atoms with E-state index in [9.17, 15) is 40.9 Å². The fraction of sp³-hybridized carbons (Fsp3) is 0.953. The summed E-state index contributed by atoms with van der Waals surface area (Å²) in [6, 6.07) is 0. The minimum atomic E-state index is -1.93. The Kier molecular flexibility index (Phi) is 11.7. The van der Waals surface area contributed by atoms with Gasteiger partial charge in [0.1, 0.15) is 54.4 Å². The molecule has 7 unspecified atom stereocenters. The lowest BCUT2D eigenvalue weighted by Gasteiger charge is -2.58. The van der Waals surface area contributed by atoms with Crippen LogP contribution in [0.3, 0.4) is 0 Å². The van der Waals surface area contributed by atoms with E-state index in [4.69, 9.17) is 37.9 Å². The predicted octanol–water partition coefficient (Wildman–Crippen LogP) is 0.609. The van der Waals surface area contributed by atoms with Crippen LogP contribution >= 0.6 is 0 Å². The SMILES string of the molecule is C[C@@H]1CCC2(CC3C(CC4C5CC=C6C[C@@H](O[C@@H]7O[C@@H](C)[C@H](O[C@@H]8O[C@H](CO[C@@H]9OCC(O)(CO)[C@H]9O)[C@@H](O)[C@H](O)[C@H]8O)[C@@H](O)[C@H]7O)CC[C@]6(C)C5CC[C@]34C)O2)OC1. The van der Waals surface area contributed by atoms with Gasteiger partial charge >= 0.3 is 0 Å². The van der Waals surface area contributed by atoms with Gasteiger partial charge in [-0.1, -0.05) is 32.4 Å². The van der Waals surface area contributed by atoms with Crippen LogP contribution in [0.15, 0.2) is 11.6 Å². The van der Waals surface area contributed by atoms with Crippen LogP contribution in [0.2, 0.25) is 0 Å². The molecular weight excluding hydrogens is 772 g/mol. The third-order valence-corrected chi connectivity index (χ3v) is 16.9. The quantitative estimate of drug-likeness (QED) is 0.156. The van der Waals surface area contributed by atoms with Gasteiger partial charge in [0.05, 0.1) is 44.7 Å². The smallest absolute Gasteiger partial charge is 0.187 e. The molecule has 4 aliphatic carbocycles. The molecule has 8 fully saturated rings. The summed E-state index contributed by atoms with van der Waals surface area (Å²) < 4.78 is 48.3. The van der Waals surface area contributed by atoms with Gasteiger partial charge in [-0.05, 0) is 98.7 Å². The van der Waals surface area contributed by atoms with E-state index in [0.717, 1.165) is 51.6 Å². The van der Waals surface area contributed by atoms with Crippen molar-refractivity contribution in [3.8, 4) is 0 Å². The van der Waals surface area contributed by atoms with Crippen molar-refractivity contribution in [2.45, 2.75) is 189 Å². The molecule has 16 nitrogen and oxygen atoms in total. The Morgan fingerprint density at radius 3 is 2.31 bits per heavy atom. The maximum Gasteiger partial charge on any atom is 0.187 e. The Hall–Kier alpha value is -0.900. The number of ether oxygens (including phenoxy) is 8. The van der Waals surface area contributed by atoms with Crippen molar-refractivity contribution in [1.82, 2.24) is 0 Å². The van der Waals surface area contributed by atoms with Crippen molar-refractivity contribution in [2.24, 2.45) is 40.4 Å². The van der Waals surface area contributed by atoms with E-state index in [0.29, 0.717) is 29.6 Å². The highest BCUT2D eigenvalue weighted by Crippen LogP contribution is 2.69. The van der Waals surface area contributed by atoms with Crippen molar-refractivity contribution in [2.75, 3.05) is 26.4 Å². The molecule has 0 bridgehead atoms. The number of hydrogen-bond acceptors (Lipinski definition) is 16. The Labute approximate surface area is 346 Å². The fourth-order valence-electron chi connectivity index (χ4n) is 13.1. The molecule has 9 rings (SSSR count). The summed E-state index contributed by atoms with van der Waals surface area (Å²) in [5.74, 6) is 2.62. The highest BCUT2D eigenvalue weighted by molar-refractivity contribution is 5.26. The lowest BCUT2D eigenvalue weighted by atomic mass is 9.47. The average molecular weight is 841 g/mol. The lowest BCUT2D eigenvalue weighted by molar-refractivity contribution is -0.361. The maximum absolute atomic E-state index is 11.3. The van der Waals surface area contributed by atoms with Crippen molar-refractivity contribution in [3.63, 3.8) is 0 Å². The van der Waals surface area contributed by atoms with E-state index < -0.39 is 99.2 Å².